The summed E-state index contributed by atoms with van der Waals surface area (Å²) in [4.78, 5) is 58.2. The Balaban J connectivity index is 0.823. The number of likely N-dealkylation sites (tertiary alicyclic amines) is 2. The van der Waals surface area contributed by atoms with Crippen LogP contribution >= 0.6 is 0 Å². The van der Waals surface area contributed by atoms with E-state index in [1.807, 2.05) is 53.4 Å². The first-order chi connectivity index (χ1) is 28.6. The minimum absolute atomic E-state index is 0.0384. The van der Waals surface area contributed by atoms with Gasteiger partial charge in [0.25, 0.3) is 0 Å². The molecule has 13 heteroatoms. The fourth-order valence-corrected chi connectivity index (χ4v) is 9.27. The summed E-state index contributed by atoms with van der Waals surface area (Å²) in [6.07, 6.45) is 7.14. The number of carbonyl (C=O) groups excluding carboxylic acids is 4. The van der Waals surface area contributed by atoms with Crippen LogP contribution in [0.15, 0.2) is 91.1 Å². The van der Waals surface area contributed by atoms with Crippen molar-refractivity contribution in [3.63, 3.8) is 0 Å². The number of aromatic nitrogens is 2. The van der Waals surface area contributed by atoms with Gasteiger partial charge in [-0.2, -0.15) is 10.2 Å². The third-order valence-corrected chi connectivity index (χ3v) is 13.1. The van der Waals surface area contributed by atoms with Crippen molar-refractivity contribution in [1.29, 1.82) is 0 Å². The van der Waals surface area contributed by atoms with Gasteiger partial charge in [0.2, 0.25) is 23.6 Å². The standard InChI is InChI=1S/C46H54N8O5/c1-45(50-44(59)46(34-7-3-2-4-8-34)21-27-53(28-22-46)36-29-39(51-47-30-36)37-9-5-6-10-40(37)55)19-25-54(26-20-45)42(57)31-52-23-17-33(18-24-52)32-11-13-35(14-12-32)48-38-15-16-41(56)49-43(38)58/h2-14,29-30,33,38,48,55H,15-28,31H2,1H3,(H,50,59)(H,49,56,58)/t38-/m1/s1. The van der Waals surface area contributed by atoms with Gasteiger partial charge in [-0.3, -0.25) is 29.4 Å². The maximum atomic E-state index is 14.5. The first kappa shape index (κ1) is 40.0. The van der Waals surface area contributed by atoms with Crippen LogP contribution in [0.3, 0.4) is 0 Å². The zero-order valence-corrected chi connectivity index (χ0v) is 33.7. The average molecular weight is 799 g/mol. The fourth-order valence-electron chi connectivity index (χ4n) is 9.27. The SMILES string of the molecule is CC1(NC(=O)C2(c3ccccc3)CCN(c3cnnc(-c4ccccc4O)c3)CC2)CCN(C(=O)CN2CCC(c3ccc(N[C@@H]4CCC(=O)NC4=O)cc3)CC2)CC1. The van der Waals surface area contributed by atoms with Crippen LogP contribution in [0.4, 0.5) is 11.4 Å². The Morgan fingerprint density at radius 3 is 2.24 bits per heavy atom. The highest BCUT2D eigenvalue weighted by atomic mass is 16.3. The molecule has 0 radical (unpaired) electrons. The molecule has 4 aromatic rings. The number of nitrogens with one attached hydrogen (secondary N) is 3. The Hall–Kier alpha value is -5.82. The summed E-state index contributed by atoms with van der Waals surface area (Å²) in [7, 11) is 0. The second-order valence-electron chi connectivity index (χ2n) is 17.0. The monoisotopic (exact) mass is 798 g/mol. The van der Waals surface area contributed by atoms with Gasteiger partial charge >= 0.3 is 0 Å². The lowest BCUT2D eigenvalue weighted by Gasteiger charge is -2.46. The Kier molecular flexibility index (Phi) is 11.6. The summed E-state index contributed by atoms with van der Waals surface area (Å²) in [5, 5.41) is 28.1. The van der Waals surface area contributed by atoms with E-state index < -0.39 is 17.0 Å². The molecule has 0 bridgehead atoms. The number of phenols is 1. The molecule has 0 saturated carbocycles. The first-order valence-corrected chi connectivity index (χ1v) is 21.0. The predicted molar refractivity (Wildman–Crippen MR) is 226 cm³/mol. The third kappa shape index (κ3) is 8.95. The number of phenolic OH excluding ortho intramolecular Hbond substituents is 1. The van der Waals surface area contributed by atoms with E-state index in [-0.39, 0.29) is 29.4 Å². The zero-order valence-electron chi connectivity index (χ0n) is 33.7. The van der Waals surface area contributed by atoms with E-state index in [0.717, 1.165) is 42.9 Å². The van der Waals surface area contributed by atoms with Gasteiger partial charge in [-0.1, -0.05) is 54.6 Å². The molecule has 4 aliphatic heterocycles. The summed E-state index contributed by atoms with van der Waals surface area (Å²) in [5.41, 5.74) is 4.13. The van der Waals surface area contributed by atoms with E-state index in [9.17, 15) is 24.3 Å². The number of amides is 4. The van der Waals surface area contributed by atoms with Crippen molar-refractivity contribution in [2.75, 3.05) is 56.0 Å². The van der Waals surface area contributed by atoms with Gasteiger partial charge in [-0.25, -0.2) is 0 Å². The average Bonchev–Trinajstić information content (AvgIpc) is 3.26. The Labute approximate surface area is 345 Å². The molecule has 308 valence electrons. The van der Waals surface area contributed by atoms with Crippen LogP contribution in [-0.4, -0.2) is 106 Å². The van der Waals surface area contributed by atoms with Crippen molar-refractivity contribution in [1.82, 2.24) is 30.6 Å². The first-order valence-electron chi connectivity index (χ1n) is 21.0. The number of anilines is 2. The summed E-state index contributed by atoms with van der Waals surface area (Å²) in [6, 6.07) is 27.0. The Bertz CT molecular complexity index is 2140. The van der Waals surface area contributed by atoms with Gasteiger partial charge in [0, 0.05) is 49.4 Å². The van der Waals surface area contributed by atoms with E-state index in [1.165, 1.54) is 5.56 Å². The molecule has 4 amide bonds. The van der Waals surface area contributed by atoms with Gasteiger partial charge in [-0.05, 0) is 112 Å². The molecule has 5 heterocycles. The number of hydrogen-bond donors (Lipinski definition) is 4. The maximum absolute atomic E-state index is 14.5. The Morgan fingerprint density at radius 1 is 0.847 bits per heavy atom. The molecule has 0 spiro atoms. The zero-order chi connectivity index (χ0) is 41.0. The van der Waals surface area contributed by atoms with Gasteiger partial charge < -0.3 is 25.5 Å². The highest BCUT2D eigenvalue weighted by molar-refractivity contribution is 6.01. The normalized spacial score (nSPS) is 21.1. The number of imide groups is 1. The number of carbonyl (C=O) groups is 4. The van der Waals surface area contributed by atoms with Crippen LogP contribution in [0.5, 0.6) is 5.75 Å². The highest BCUT2D eigenvalue weighted by Gasteiger charge is 2.46. The van der Waals surface area contributed by atoms with Crippen molar-refractivity contribution < 1.29 is 24.3 Å². The molecular weight excluding hydrogens is 745 g/mol. The number of nitrogens with zero attached hydrogens (tertiary/aromatic N) is 5. The number of benzene rings is 3. The van der Waals surface area contributed by atoms with E-state index in [0.29, 0.717) is 88.4 Å². The smallest absolute Gasteiger partial charge is 0.249 e. The lowest BCUT2D eigenvalue weighted by atomic mass is 9.71. The number of rotatable bonds is 10. The van der Waals surface area contributed by atoms with Gasteiger partial charge in [0.15, 0.2) is 0 Å². The summed E-state index contributed by atoms with van der Waals surface area (Å²) < 4.78 is 0. The van der Waals surface area contributed by atoms with E-state index in [1.54, 1.807) is 18.3 Å². The molecular formula is C46H54N8O5. The second-order valence-corrected chi connectivity index (χ2v) is 17.0. The predicted octanol–water partition coefficient (Wildman–Crippen LogP) is 4.98. The van der Waals surface area contributed by atoms with Crippen LogP contribution < -0.4 is 20.9 Å². The molecule has 4 aliphatic rings. The summed E-state index contributed by atoms with van der Waals surface area (Å²) >= 11 is 0. The quantitative estimate of drug-likeness (QED) is 0.161. The molecule has 1 atom stereocenters. The molecule has 13 nitrogen and oxygen atoms in total. The summed E-state index contributed by atoms with van der Waals surface area (Å²) in [5.74, 6) is 0.247. The number of aromatic hydroxyl groups is 1. The van der Waals surface area contributed by atoms with Gasteiger partial charge in [0.1, 0.15) is 11.8 Å². The van der Waals surface area contributed by atoms with Crippen LogP contribution in [-0.2, 0) is 24.6 Å². The van der Waals surface area contributed by atoms with Crippen molar-refractivity contribution in [2.24, 2.45) is 0 Å². The van der Waals surface area contributed by atoms with Gasteiger partial charge in [0.05, 0.1) is 29.5 Å². The fraction of sp³-hybridized carbons (Fsp3) is 0.435. The topological polar surface area (TPSA) is 160 Å². The van der Waals surface area contributed by atoms with Crippen molar-refractivity contribution in [3.8, 4) is 17.0 Å². The molecule has 4 fully saturated rings. The summed E-state index contributed by atoms with van der Waals surface area (Å²) in [6.45, 7) is 6.73. The maximum Gasteiger partial charge on any atom is 0.249 e. The number of hydrogen-bond acceptors (Lipinski definition) is 10. The lowest BCUT2D eigenvalue weighted by molar-refractivity contribution is -0.136. The molecule has 4 saturated heterocycles. The van der Waals surface area contributed by atoms with Gasteiger partial charge in [-0.15, -0.1) is 0 Å². The molecule has 59 heavy (non-hydrogen) atoms. The molecule has 8 rings (SSSR count). The van der Waals surface area contributed by atoms with Crippen LogP contribution in [0.25, 0.3) is 11.3 Å². The van der Waals surface area contributed by atoms with Crippen molar-refractivity contribution >= 4 is 35.0 Å². The number of para-hydroxylation sites is 1. The molecule has 4 N–H and O–H groups in total. The number of piperidine rings is 4. The lowest BCUT2D eigenvalue weighted by Crippen LogP contribution is -2.60. The van der Waals surface area contributed by atoms with E-state index in [2.05, 4.69) is 67.1 Å². The molecule has 0 unspecified atom stereocenters. The molecule has 3 aromatic carbocycles. The highest BCUT2D eigenvalue weighted by Crippen LogP contribution is 2.39. The van der Waals surface area contributed by atoms with Crippen LogP contribution in [0.2, 0.25) is 0 Å². The third-order valence-electron chi connectivity index (χ3n) is 13.1. The van der Waals surface area contributed by atoms with E-state index >= 15 is 0 Å². The minimum Gasteiger partial charge on any atom is -0.507 e. The largest absolute Gasteiger partial charge is 0.507 e. The minimum atomic E-state index is -0.699. The van der Waals surface area contributed by atoms with Crippen molar-refractivity contribution in [2.45, 2.75) is 81.2 Å². The molecule has 0 aliphatic carbocycles. The van der Waals surface area contributed by atoms with Crippen molar-refractivity contribution in [3.05, 3.63) is 102 Å². The van der Waals surface area contributed by atoms with Crippen LogP contribution in [0, 0.1) is 0 Å². The molecule has 1 aromatic heterocycles. The second kappa shape index (κ2) is 17.2. The van der Waals surface area contributed by atoms with Crippen LogP contribution in [0.1, 0.15) is 75.3 Å². The Morgan fingerprint density at radius 2 is 1.54 bits per heavy atom. The van der Waals surface area contributed by atoms with E-state index in [4.69, 9.17) is 0 Å².